The van der Waals surface area contributed by atoms with Gasteiger partial charge in [-0.05, 0) is 50.3 Å². The standard InChI is InChI=1S/C17H24N2O5S/c1-3-9-17(2,16(21)22)19-15(20)13-5-4-6-14(10-13)25(23,24)18-11-12-7-8-12/h4-6,10,12,18H,3,7-9,11H2,1-2H3,(H,19,20)(H,21,22). The molecule has 1 atom stereocenters. The first-order valence-electron chi connectivity index (χ1n) is 8.33. The van der Waals surface area contributed by atoms with Gasteiger partial charge in [-0.2, -0.15) is 0 Å². The van der Waals surface area contributed by atoms with E-state index in [1.165, 1.54) is 31.2 Å². The van der Waals surface area contributed by atoms with E-state index in [1.807, 2.05) is 6.92 Å². The fraction of sp³-hybridized carbons (Fsp3) is 0.529. The van der Waals surface area contributed by atoms with Gasteiger partial charge in [0.1, 0.15) is 5.54 Å². The highest BCUT2D eigenvalue weighted by Crippen LogP contribution is 2.28. The van der Waals surface area contributed by atoms with Gasteiger partial charge in [0, 0.05) is 12.1 Å². The van der Waals surface area contributed by atoms with Crippen LogP contribution in [0.25, 0.3) is 0 Å². The minimum absolute atomic E-state index is 0.00619. The van der Waals surface area contributed by atoms with Crippen LogP contribution in [0.3, 0.4) is 0 Å². The molecule has 1 aromatic carbocycles. The Morgan fingerprint density at radius 1 is 1.32 bits per heavy atom. The molecule has 1 fully saturated rings. The van der Waals surface area contributed by atoms with Crippen LogP contribution >= 0.6 is 0 Å². The monoisotopic (exact) mass is 368 g/mol. The Morgan fingerprint density at radius 3 is 2.56 bits per heavy atom. The molecule has 1 amide bonds. The van der Waals surface area contributed by atoms with Crippen molar-refractivity contribution < 1.29 is 23.1 Å². The minimum Gasteiger partial charge on any atom is -0.480 e. The van der Waals surface area contributed by atoms with Crippen molar-refractivity contribution in [1.82, 2.24) is 10.0 Å². The first kappa shape index (κ1) is 19.4. The van der Waals surface area contributed by atoms with Crippen LogP contribution in [0.5, 0.6) is 0 Å². The SMILES string of the molecule is CCCC(C)(NC(=O)c1cccc(S(=O)(=O)NCC2CC2)c1)C(=O)O. The molecule has 138 valence electrons. The second-order valence-corrected chi connectivity index (χ2v) is 8.43. The zero-order valence-electron chi connectivity index (χ0n) is 14.4. The number of carbonyl (C=O) groups is 2. The molecule has 1 unspecified atom stereocenters. The van der Waals surface area contributed by atoms with Gasteiger partial charge in [-0.25, -0.2) is 17.9 Å². The van der Waals surface area contributed by atoms with Crippen LogP contribution in [0.4, 0.5) is 0 Å². The van der Waals surface area contributed by atoms with E-state index in [1.54, 1.807) is 0 Å². The number of amides is 1. The lowest BCUT2D eigenvalue weighted by Gasteiger charge is -2.25. The fourth-order valence-electron chi connectivity index (χ4n) is 2.48. The first-order chi connectivity index (χ1) is 11.7. The third-order valence-corrected chi connectivity index (χ3v) is 5.70. The summed E-state index contributed by atoms with van der Waals surface area (Å²) in [5.74, 6) is -1.35. The van der Waals surface area contributed by atoms with E-state index in [4.69, 9.17) is 0 Å². The summed E-state index contributed by atoms with van der Waals surface area (Å²) < 4.78 is 27.1. The molecular formula is C17H24N2O5S. The van der Waals surface area contributed by atoms with Crippen molar-refractivity contribution in [3.63, 3.8) is 0 Å². The van der Waals surface area contributed by atoms with Gasteiger partial charge in [-0.3, -0.25) is 4.79 Å². The van der Waals surface area contributed by atoms with E-state index >= 15 is 0 Å². The quantitative estimate of drug-likeness (QED) is 0.615. The Labute approximate surface area is 147 Å². The minimum atomic E-state index is -3.69. The maximum Gasteiger partial charge on any atom is 0.329 e. The van der Waals surface area contributed by atoms with Crippen molar-refractivity contribution in [2.75, 3.05) is 6.54 Å². The Morgan fingerprint density at radius 2 is 2.00 bits per heavy atom. The van der Waals surface area contributed by atoms with Gasteiger partial charge in [0.25, 0.3) is 5.91 Å². The Hall–Kier alpha value is -1.93. The number of carboxylic acids is 1. The molecule has 1 aliphatic rings. The van der Waals surface area contributed by atoms with Crippen molar-refractivity contribution in [3.8, 4) is 0 Å². The third-order valence-electron chi connectivity index (χ3n) is 4.28. The van der Waals surface area contributed by atoms with Gasteiger partial charge in [0.05, 0.1) is 4.90 Å². The van der Waals surface area contributed by atoms with E-state index in [0.717, 1.165) is 12.8 Å². The van der Waals surface area contributed by atoms with E-state index < -0.39 is 27.4 Å². The molecule has 1 saturated carbocycles. The summed E-state index contributed by atoms with van der Waals surface area (Å²) in [4.78, 5) is 23.8. The molecule has 0 aromatic heterocycles. The molecule has 0 radical (unpaired) electrons. The van der Waals surface area contributed by atoms with Crippen LogP contribution < -0.4 is 10.0 Å². The van der Waals surface area contributed by atoms with Crippen molar-refractivity contribution in [2.24, 2.45) is 5.92 Å². The molecule has 7 nitrogen and oxygen atoms in total. The molecule has 0 heterocycles. The Bertz CT molecular complexity index is 758. The molecular weight excluding hydrogens is 344 g/mol. The number of aliphatic carboxylic acids is 1. The van der Waals surface area contributed by atoms with Gasteiger partial charge >= 0.3 is 5.97 Å². The largest absolute Gasteiger partial charge is 0.480 e. The topological polar surface area (TPSA) is 113 Å². The first-order valence-corrected chi connectivity index (χ1v) is 9.82. The van der Waals surface area contributed by atoms with Crippen molar-refractivity contribution in [2.45, 2.75) is 50.0 Å². The lowest BCUT2D eigenvalue weighted by atomic mass is 9.96. The molecule has 8 heteroatoms. The maximum absolute atomic E-state index is 12.4. The highest BCUT2D eigenvalue weighted by atomic mass is 32.2. The van der Waals surface area contributed by atoms with Crippen molar-refractivity contribution in [3.05, 3.63) is 29.8 Å². The predicted octanol–water partition coefficient (Wildman–Crippen LogP) is 1.75. The zero-order chi connectivity index (χ0) is 18.7. The lowest BCUT2D eigenvalue weighted by molar-refractivity contribution is -0.144. The number of benzene rings is 1. The molecule has 0 saturated heterocycles. The van der Waals surface area contributed by atoms with E-state index in [-0.39, 0.29) is 16.9 Å². The lowest BCUT2D eigenvalue weighted by Crippen LogP contribution is -2.52. The normalized spacial score (nSPS) is 16.9. The maximum atomic E-state index is 12.4. The Balaban J connectivity index is 2.16. The molecule has 0 aliphatic heterocycles. The van der Waals surface area contributed by atoms with Gasteiger partial charge in [-0.15, -0.1) is 0 Å². The van der Waals surface area contributed by atoms with Crippen LogP contribution in [0.1, 0.15) is 49.9 Å². The van der Waals surface area contributed by atoms with Crippen molar-refractivity contribution >= 4 is 21.9 Å². The summed E-state index contributed by atoms with van der Waals surface area (Å²) in [6, 6.07) is 5.61. The van der Waals surface area contributed by atoms with Crippen LogP contribution in [0.15, 0.2) is 29.2 Å². The molecule has 3 N–H and O–H groups in total. The van der Waals surface area contributed by atoms with Crippen LogP contribution in [0, 0.1) is 5.92 Å². The molecule has 2 rings (SSSR count). The number of sulfonamides is 1. The summed E-state index contributed by atoms with van der Waals surface area (Å²) in [6.45, 7) is 3.66. The molecule has 0 bridgehead atoms. The van der Waals surface area contributed by atoms with Crippen LogP contribution in [-0.4, -0.2) is 37.5 Å². The number of carbonyl (C=O) groups excluding carboxylic acids is 1. The van der Waals surface area contributed by atoms with Crippen molar-refractivity contribution in [1.29, 1.82) is 0 Å². The summed E-state index contributed by atoms with van der Waals surface area (Å²) in [5, 5.41) is 11.8. The highest BCUT2D eigenvalue weighted by molar-refractivity contribution is 7.89. The molecule has 0 spiro atoms. The zero-order valence-corrected chi connectivity index (χ0v) is 15.2. The molecule has 1 aromatic rings. The smallest absolute Gasteiger partial charge is 0.329 e. The third kappa shape index (κ3) is 5.02. The average molecular weight is 368 g/mol. The number of hydrogen-bond donors (Lipinski definition) is 3. The summed E-state index contributed by atoms with van der Waals surface area (Å²) >= 11 is 0. The Kier molecular flexibility index (Phi) is 5.84. The van der Waals surface area contributed by atoms with E-state index in [2.05, 4.69) is 10.0 Å². The van der Waals surface area contributed by atoms with Gasteiger partial charge < -0.3 is 10.4 Å². The molecule has 1 aliphatic carbocycles. The molecule has 25 heavy (non-hydrogen) atoms. The summed E-state index contributed by atoms with van der Waals surface area (Å²) in [5.41, 5.74) is -1.29. The second kappa shape index (κ2) is 7.53. The number of hydrogen-bond acceptors (Lipinski definition) is 4. The average Bonchev–Trinajstić information content (AvgIpc) is 3.37. The summed E-state index contributed by atoms with van der Waals surface area (Å²) in [6.07, 6.45) is 2.91. The van der Waals surface area contributed by atoms with Crippen LogP contribution in [-0.2, 0) is 14.8 Å². The van der Waals surface area contributed by atoms with E-state index in [0.29, 0.717) is 18.9 Å². The number of rotatable bonds is 9. The summed E-state index contributed by atoms with van der Waals surface area (Å²) in [7, 11) is -3.69. The number of nitrogens with one attached hydrogen (secondary N) is 2. The fourth-order valence-corrected chi connectivity index (χ4v) is 3.64. The highest BCUT2D eigenvalue weighted by Gasteiger charge is 2.34. The van der Waals surface area contributed by atoms with Gasteiger partial charge in [0.2, 0.25) is 10.0 Å². The second-order valence-electron chi connectivity index (χ2n) is 6.66. The number of carboxylic acid groups (broad SMARTS) is 1. The van der Waals surface area contributed by atoms with Gasteiger partial charge in [0.15, 0.2) is 0 Å². The van der Waals surface area contributed by atoms with E-state index in [9.17, 15) is 23.1 Å². The van der Waals surface area contributed by atoms with Crippen LogP contribution in [0.2, 0.25) is 0 Å². The van der Waals surface area contributed by atoms with Gasteiger partial charge in [-0.1, -0.05) is 19.4 Å². The predicted molar refractivity (Wildman–Crippen MR) is 92.8 cm³/mol.